The zero-order chi connectivity index (χ0) is 13.0. The summed E-state index contributed by atoms with van der Waals surface area (Å²) in [6.45, 7) is 6.78. The molecule has 1 amide bonds. The molecule has 1 atom stereocenters. The number of nitrogens with zero attached hydrogens (tertiary/aromatic N) is 3. The van der Waals surface area contributed by atoms with Gasteiger partial charge in [-0.25, -0.2) is 4.79 Å². The molecule has 0 radical (unpaired) electrons. The Hall–Kier alpha value is -1.85. The van der Waals surface area contributed by atoms with Crippen molar-refractivity contribution in [3.05, 3.63) is 18.0 Å². The minimum atomic E-state index is -1.09. The van der Waals surface area contributed by atoms with E-state index < -0.39 is 12.0 Å². The molecule has 0 aliphatic rings. The molecule has 1 unspecified atom stereocenters. The molecule has 0 bridgehead atoms. The quantitative estimate of drug-likeness (QED) is 0.832. The lowest BCUT2D eigenvalue weighted by atomic mass is 10.3. The first-order valence-corrected chi connectivity index (χ1v) is 5.58. The van der Waals surface area contributed by atoms with E-state index >= 15 is 0 Å². The first kappa shape index (κ1) is 13.2. The standard InChI is InChI=1S/C11H17N3O3/c1-4-13(5-2)10(15)8(3)14-7-6-9(12-14)11(16)17/h6-8H,4-5H2,1-3H3,(H,16,17). The molecule has 0 saturated carbocycles. The lowest BCUT2D eigenvalue weighted by molar-refractivity contribution is -0.134. The van der Waals surface area contributed by atoms with Crippen molar-refractivity contribution in [1.29, 1.82) is 0 Å². The van der Waals surface area contributed by atoms with E-state index in [1.165, 1.54) is 16.9 Å². The smallest absolute Gasteiger partial charge is 0.356 e. The SMILES string of the molecule is CCN(CC)C(=O)C(C)n1ccc(C(=O)O)n1. The summed E-state index contributed by atoms with van der Waals surface area (Å²) in [5, 5.41) is 12.6. The second kappa shape index (κ2) is 5.47. The Labute approximate surface area is 99.8 Å². The van der Waals surface area contributed by atoms with Crippen LogP contribution in [0.15, 0.2) is 12.3 Å². The average molecular weight is 239 g/mol. The van der Waals surface area contributed by atoms with E-state index in [2.05, 4.69) is 5.10 Å². The van der Waals surface area contributed by atoms with Gasteiger partial charge in [0, 0.05) is 19.3 Å². The van der Waals surface area contributed by atoms with Gasteiger partial charge in [0.25, 0.3) is 0 Å². The fraction of sp³-hybridized carbons (Fsp3) is 0.545. The maximum Gasteiger partial charge on any atom is 0.356 e. The molecular formula is C11H17N3O3. The third-order valence-corrected chi connectivity index (χ3v) is 2.66. The Morgan fingerprint density at radius 1 is 1.47 bits per heavy atom. The van der Waals surface area contributed by atoms with Gasteiger partial charge in [0.05, 0.1) is 0 Å². The molecule has 0 fully saturated rings. The Bertz CT molecular complexity index is 410. The molecule has 0 aliphatic heterocycles. The monoisotopic (exact) mass is 239 g/mol. The summed E-state index contributed by atoms with van der Waals surface area (Å²) in [6, 6.07) is 0.900. The zero-order valence-corrected chi connectivity index (χ0v) is 10.3. The maximum absolute atomic E-state index is 12.0. The van der Waals surface area contributed by atoms with Gasteiger partial charge in [0.15, 0.2) is 5.69 Å². The number of aromatic nitrogens is 2. The van der Waals surface area contributed by atoms with E-state index in [1.807, 2.05) is 13.8 Å². The highest BCUT2D eigenvalue weighted by Crippen LogP contribution is 2.10. The molecule has 0 saturated heterocycles. The number of carbonyl (C=O) groups excluding carboxylic acids is 1. The van der Waals surface area contributed by atoms with E-state index in [9.17, 15) is 9.59 Å². The number of carboxylic acids is 1. The van der Waals surface area contributed by atoms with E-state index in [4.69, 9.17) is 5.11 Å². The normalized spacial score (nSPS) is 12.2. The molecule has 17 heavy (non-hydrogen) atoms. The highest BCUT2D eigenvalue weighted by molar-refractivity contribution is 5.85. The molecule has 1 rings (SSSR count). The fourth-order valence-electron chi connectivity index (χ4n) is 1.58. The summed E-state index contributed by atoms with van der Waals surface area (Å²) in [5.41, 5.74) is -0.0517. The molecule has 6 heteroatoms. The second-order valence-corrected chi connectivity index (χ2v) is 3.67. The molecule has 1 heterocycles. The van der Waals surface area contributed by atoms with Crippen molar-refractivity contribution in [3.8, 4) is 0 Å². The van der Waals surface area contributed by atoms with E-state index in [-0.39, 0.29) is 11.6 Å². The number of hydrogen-bond donors (Lipinski definition) is 1. The van der Waals surface area contributed by atoms with Crippen LogP contribution in [0.5, 0.6) is 0 Å². The van der Waals surface area contributed by atoms with Crippen LogP contribution < -0.4 is 0 Å². The van der Waals surface area contributed by atoms with Gasteiger partial charge in [-0.05, 0) is 26.8 Å². The van der Waals surface area contributed by atoms with Gasteiger partial charge in [-0.2, -0.15) is 5.10 Å². The van der Waals surface area contributed by atoms with Gasteiger partial charge >= 0.3 is 5.97 Å². The second-order valence-electron chi connectivity index (χ2n) is 3.67. The van der Waals surface area contributed by atoms with E-state index in [0.29, 0.717) is 13.1 Å². The number of likely N-dealkylation sites (N-methyl/N-ethyl adjacent to an activating group) is 1. The molecule has 1 aromatic rings. The van der Waals surface area contributed by atoms with E-state index in [0.717, 1.165) is 0 Å². The Morgan fingerprint density at radius 3 is 2.47 bits per heavy atom. The number of carboxylic acid groups (broad SMARTS) is 1. The van der Waals surface area contributed by atoms with Gasteiger partial charge in [-0.15, -0.1) is 0 Å². The third-order valence-electron chi connectivity index (χ3n) is 2.66. The van der Waals surface area contributed by atoms with Crippen molar-refractivity contribution >= 4 is 11.9 Å². The van der Waals surface area contributed by atoms with Gasteiger partial charge in [0.2, 0.25) is 5.91 Å². The van der Waals surface area contributed by atoms with Crippen LogP contribution in [0.4, 0.5) is 0 Å². The minimum Gasteiger partial charge on any atom is -0.476 e. The molecule has 1 aromatic heterocycles. The number of amides is 1. The Kier molecular flexibility index (Phi) is 4.25. The lowest BCUT2D eigenvalue weighted by Gasteiger charge is -2.22. The summed E-state index contributed by atoms with van der Waals surface area (Å²) in [4.78, 5) is 24.4. The molecule has 1 N–H and O–H groups in total. The number of hydrogen-bond acceptors (Lipinski definition) is 3. The zero-order valence-electron chi connectivity index (χ0n) is 10.3. The fourth-order valence-corrected chi connectivity index (χ4v) is 1.58. The molecular weight excluding hydrogens is 222 g/mol. The predicted molar refractivity (Wildman–Crippen MR) is 61.8 cm³/mol. The molecule has 0 aliphatic carbocycles. The van der Waals surface area contributed by atoms with Gasteiger partial charge in [0.1, 0.15) is 6.04 Å². The minimum absolute atomic E-state index is 0.0517. The van der Waals surface area contributed by atoms with Crippen molar-refractivity contribution < 1.29 is 14.7 Å². The molecule has 0 spiro atoms. The summed E-state index contributed by atoms with van der Waals surface area (Å²) < 4.78 is 1.38. The van der Waals surface area contributed by atoms with Gasteiger partial charge < -0.3 is 10.0 Å². The van der Waals surface area contributed by atoms with E-state index in [1.54, 1.807) is 11.8 Å². The summed E-state index contributed by atoms with van der Waals surface area (Å²) >= 11 is 0. The average Bonchev–Trinajstić information content (AvgIpc) is 2.78. The number of carbonyl (C=O) groups is 2. The van der Waals surface area contributed by atoms with Crippen LogP contribution in [-0.4, -0.2) is 44.8 Å². The largest absolute Gasteiger partial charge is 0.476 e. The summed E-state index contributed by atoms with van der Waals surface area (Å²) in [7, 11) is 0. The van der Waals surface area contributed by atoms with Crippen LogP contribution in [0.3, 0.4) is 0 Å². The van der Waals surface area contributed by atoms with Crippen LogP contribution in [0.2, 0.25) is 0 Å². The molecule has 94 valence electrons. The van der Waals surface area contributed by atoms with Crippen molar-refractivity contribution in [2.75, 3.05) is 13.1 Å². The van der Waals surface area contributed by atoms with Crippen LogP contribution in [0, 0.1) is 0 Å². The highest BCUT2D eigenvalue weighted by Gasteiger charge is 2.21. The Morgan fingerprint density at radius 2 is 2.06 bits per heavy atom. The predicted octanol–water partition coefficient (Wildman–Crippen LogP) is 1.01. The van der Waals surface area contributed by atoms with Crippen molar-refractivity contribution in [2.24, 2.45) is 0 Å². The number of aromatic carboxylic acids is 1. The summed E-state index contributed by atoms with van der Waals surface area (Å²) in [6.07, 6.45) is 1.51. The first-order valence-electron chi connectivity index (χ1n) is 5.58. The topological polar surface area (TPSA) is 75.4 Å². The van der Waals surface area contributed by atoms with Crippen LogP contribution in [0.1, 0.15) is 37.3 Å². The Balaban J connectivity index is 2.84. The van der Waals surface area contributed by atoms with Crippen molar-refractivity contribution in [1.82, 2.24) is 14.7 Å². The van der Waals surface area contributed by atoms with Gasteiger partial charge in [-0.1, -0.05) is 0 Å². The van der Waals surface area contributed by atoms with Crippen LogP contribution >= 0.6 is 0 Å². The molecule has 0 aromatic carbocycles. The van der Waals surface area contributed by atoms with Crippen LogP contribution in [-0.2, 0) is 4.79 Å². The van der Waals surface area contributed by atoms with Gasteiger partial charge in [-0.3, -0.25) is 9.48 Å². The third kappa shape index (κ3) is 2.83. The molecule has 6 nitrogen and oxygen atoms in total. The lowest BCUT2D eigenvalue weighted by Crippen LogP contribution is -2.36. The summed E-state index contributed by atoms with van der Waals surface area (Å²) in [5.74, 6) is -1.15. The first-order chi connectivity index (χ1) is 8.01. The number of rotatable bonds is 5. The maximum atomic E-state index is 12.0. The van der Waals surface area contributed by atoms with Crippen molar-refractivity contribution in [3.63, 3.8) is 0 Å². The van der Waals surface area contributed by atoms with Crippen LogP contribution in [0.25, 0.3) is 0 Å². The highest BCUT2D eigenvalue weighted by atomic mass is 16.4. The van der Waals surface area contributed by atoms with Crippen molar-refractivity contribution in [2.45, 2.75) is 26.8 Å².